The maximum atomic E-state index is 6.01. The number of aliphatic imine (C=N–C) groups is 1. The van der Waals surface area contributed by atoms with Gasteiger partial charge in [-0.3, -0.25) is 4.99 Å². The zero-order valence-electron chi connectivity index (χ0n) is 14.7. The monoisotopic (exact) mass is 319 g/mol. The topological polar surface area (TPSA) is 45.7 Å². The number of guanidine groups is 1. The van der Waals surface area contributed by atoms with Crippen LogP contribution in [-0.4, -0.2) is 38.3 Å². The molecule has 4 rings (SSSR count). The first kappa shape index (κ1) is 15.7. The zero-order chi connectivity index (χ0) is 15.7. The third-order valence-electron chi connectivity index (χ3n) is 7.11. The van der Waals surface area contributed by atoms with Crippen LogP contribution in [0.3, 0.4) is 0 Å². The molecule has 0 amide bonds. The van der Waals surface area contributed by atoms with Crippen molar-refractivity contribution in [1.82, 2.24) is 10.6 Å². The van der Waals surface area contributed by atoms with Crippen LogP contribution in [0.2, 0.25) is 0 Å². The first-order valence-electron chi connectivity index (χ1n) is 9.92. The molecule has 3 aliphatic carbocycles. The fraction of sp³-hybridized carbons (Fsp3) is 0.947. The Labute approximate surface area is 140 Å². The van der Waals surface area contributed by atoms with Gasteiger partial charge in [-0.15, -0.1) is 0 Å². The molecule has 23 heavy (non-hydrogen) atoms. The van der Waals surface area contributed by atoms with E-state index in [4.69, 9.17) is 4.74 Å². The third kappa shape index (κ3) is 2.77. The van der Waals surface area contributed by atoms with Gasteiger partial charge in [0, 0.05) is 37.6 Å². The zero-order valence-corrected chi connectivity index (χ0v) is 14.7. The van der Waals surface area contributed by atoms with Gasteiger partial charge in [0.2, 0.25) is 0 Å². The highest BCUT2D eigenvalue weighted by Gasteiger charge is 2.66. The molecule has 3 atom stereocenters. The van der Waals surface area contributed by atoms with Crippen LogP contribution in [0.25, 0.3) is 0 Å². The Bertz CT molecular complexity index is 440. The summed E-state index contributed by atoms with van der Waals surface area (Å²) in [5.41, 5.74) is 0.433. The Morgan fingerprint density at radius 3 is 2.70 bits per heavy atom. The molecule has 0 aromatic rings. The third-order valence-corrected chi connectivity index (χ3v) is 7.11. The number of nitrogens with zero attached hydrogens (tertiary/aromatic N) is 1. The van der Waals surface area contributed by atoms with Gasteiger partial charge in [0.25, 0.3) is 0 Å². The smallest absolute Gasteiger partial charge is 0.191 e. The Morgan fingerprint density at radius 2 is 2.00 bits per heavy atom. The fourth-order valence-electron chi connectivity index (χ4n) is 5.69. The minimum Gasteiger partial charge on any atom is -0.377 e. The summed E-state index contributed by atoms with van der Waals surface area (Å²) >= 11 is 0. The number of hydrogen-bond donors (Lipinski definition) is 2. The predicted octanol–water partition coefficient (Wildman–Crippen LogP) is 3.08. The van der Waals surface area contributed by atoms with Crippen molar-refractivity contribution in [3.8, 4) is 0 Å². The molecule has 3 unspecified atom stereocenters. The second kappa shape index (κ2) is 6.62. The van der Waals surface area contributed by atoms with Crippen molar-refractivity contribution in [3.63, 3.8) is 0 Å². The largest absolute Gasteiger partial charge is 0.377 e. The predicted molar refractivity (Wildman–Crippen MR) is 93.6 cm³/mol. The molecule has 4 heteroatoms. The van der Waals surface area contributed by atoms with E-state index >= 15 is 0 Å². The Kier molecular flexibility index (Phi) is 4.53. The number of fused-ring (bicyclic) bond motifs is 2. The molecule has 1 spiro atoms. The molecule has 4 fully saturated rings. The SMILES string of the molecule is CN=C(NCCCC1CCCC1)NC1C2CCOC2C12CCC2. The van der Waals surface area contributed by atoms with Gasteiger partial charge in [-0.2, -0.15) is 0 Å². The average Bonchev–Trinajstić information content (AvgIpc) is 3.15. The van der Waals surface area contributed by atoms with E-state index in [2.05, 4.69) is 15.6 Å². The maximum absolute atomic E-state index is 6.01. The van der Waals surface area contributed by atoms with Crippen LogP contribution < -0.4 is 10.6 Å². The molecule has 0 bridgehead atoms. The van der Waals surface area contributed by atoms with Gasteiger partial charge < -0.3 is 15.4 Å². The van der Waals surface area contributed by atoms with Crippen molar-refractivity contribution >= 4 is 5.96 Å². The Morgan fingerprint density at radius 1 is 1.17 bits per heavy atom. The highest BCUT2D eigenvalue weighted by Crippen LogP contribution is 2.62. The van der Waals surface area contributed by atoms with Crippen LogP contribution >= 0.6 is 0 Å². The molecular weight excluding hydrogens is 286 g/mol. The molecule has 3 saturated carbocycles. The van der Waals surface area contributed by atoms with Crippen LogP contribution in [0.4, 0.5) is 0 Å². The van der Waals surface area contributed by atoms with E-state index in [-0.39, 0.29) is 0 Å². The summed E-state index contributed by atoms with van der Waals surface area (Å²) in [5, 5.41) is 7.31. The lowest BCUT2D eigenvalue weighted by atomic mass is 9.46. The Hall–Kier alpha value is -0.770. The Balaban J connectivity index is 1.24. The molecule has 1 saturated heterocycles. The second-order valence-corrected chi connectivity index (χ2v) is 8.24. The van der Waals surface area contributed by atoms with Gasteiger partial charge in [-0.05, 0) is 38.0 Å². The lowest BCUT2D eigenvalue weighted by Crippen LogP contribution is -2.72. The molecular formula is C19H33N3O. The van der Waals surface area contributed by atoms with Crippen molar-refractivity contribution in [3.05, 3.63) is 0 Å². The van der Waals surface area contributed by atoms with Crippen molar-refractivity contribution in [1.29, 1.82) is 0 Å². The van der Waals surface area contributed by atoms with Crippen LogP contribution in [0.1, 0.15) is 64.2 Å². The van der Waals surface area contributed by atoms with Crippen molar-refractivity contribution in [2.24, 2.45) is 22.2 Å². The minimum atomic E-state index is 0.433. The summed E-state index contributed by atoms with van der Waals surface area (Å²) in [6.45, 7) is 2.02. The summed E-state index contributed by atoms with van der Waals surface area (Å²) in [5.74, 6) is 2.72. The summed E-state index contributed by atoms with van der Waals surface area (Å²) in [6.07, 6.45) is 14.3. The first-order chi connectivity index (χ1) is 11.3. The maximum Gasteiger partial charge on any atom is 0.191 e. The minimum absolute atomic E-state index is 0.433. The number of ether oxygens (including phenoxy) is 1. The van der Waals surface area contributed by atoms with Crippen LogP contribution in [0.5, 0.6) is 0 Å². The average molecular weight is 319 g/mol. The molecule has 0 aromatic heterocycles. The molecule has 4 nitrogen and oxygen atoms in total. The first-order valence-corrected chi connectivity index (χ1v) is 9.92. The van der Waals surface area contributed by atoms with E-state index in [1.54, 1.807) is 0 Å². The van der Waals surface area contributed by atoms with E-state index in [1.165, 1.54) is 64.2 Å². The van der Waals surface area contributed by atoms with E-state index in [1.807, 2.05) is 7.05 Å². The highest BCUT2D eigenvalue weighted by atomic mass is 16.5. The number of rotatable bonds is 5. The van der Waals surface area contributed by atoms with Crippen molar-refractivity contribution in [2.75, 3.05) is 20.2 Å². The summed E-state index contributed by atoms with van der Waals surface area (Å²) in [4.78, 5) is 4.47. The van der Waals surface area contributed by atoms with Gasteiger partial charge in [-0.25, -0.2) is 0 Å². The quantitative estimate of drug-likeness (QED) is 0.465. The molecule has 0 radical (unpaired) electrons. The van der Waals surface area contributed by atoms with E-state index in [0.29, 0.717) is 23.5 Å². The normalized spacial score (nSPS) is 35.7. The lowest BCUT2D eigenvalue weighted by Gasteiger charge is -2.63. The summed E-state index contributed by atoms with van der Waals surface area (Å²) < 4.78 is 6.01. The fourth-order valence-corrected chi connectivity index (χ4v) is 5.69. The molecule has 130 valence electrons. The highest BCUT2D eigenvalue weighted by molar-refractivity contribution is 5.80. The van der Waals surface area contributed by atoms with E-state index in [0.717, 1.165) is 25.0 Å². The number of nitrogens with one attached hydrogen (secondary N) is 2. The summed E-state index contributed by atoms with van der Waals surface area (Å²) in [7, 11) is 1.90. The van der Waals surface area contributed by atoms with Gasteiger partial charge in [0.1, 0.15) is 0 Å². The molecule has 1 aliphatic heterocycles. The molecule has 0 aromatic carbocycles. The van der Waals surface area contributed by atoms with E-state index < -0.39 is 0 Å². The van der Waals surface area contributed by atoms with Crippen LogP contribution in [-0.2, 0) is 4.74 Å². The van der Waals surface area contributed by atoms with Crippen molar-refractivity contribution in [2.45, 2.75) is 76.4 Å². The van der Waals surface area contributed by atoms with Crippen LogP contribution in [0, 0.1) is 17.3 Å². The van der Waals surface area contributed by atoms with Gasteiger partial charge in [0.15, 0.2) is 5.96 Å². The molecule has 2 N–H and O–H groups in total. The number of hydrogen-bond acceptors (Lipinski definition) is 2. The van der Waals surface area contributed by atoms with Gasteiger partial charge in [-0.1, -0.05) is 32.1 Å². The lowest BCUT2D eigenvalue weighted by molar-refractivity contribution is -0.171. The molecule has 1 heterocycles. The molecule has 4 aliphatic rings. The van der Waals surface area contributed by atoms with Crippen LogP contribution in [0.15, 0.2) is 4.99 Å². The van der Waals surface area contributed by atoms with Gasteiger partial charge >= 0.3 is 0 Å². The summed E-state index contributed by atoms with van der Waals surface area (Å²) in [6, 6.07) is 0.588. The van der Waals surface area contributed by atoms with Gasteiger partial charge in [0.05, 0.1) is 6.10 Å². The second-order valence-electron chi connectivity index (χ2n) is 8.24. The van der Waals surface area contributed by atoms with E-state index in [9.17, 15) is 0 Å². The standard InChI is InChI=1S/C19H33N3O/c1-20-18(21-12-4-8-14-6-2-3-7-14)22-16-15-9-13-23-17(15)19(16)10-5-11-19/h14-17H,2-13H2,1H3,(H2,20,21,22). The van der Waals surface area contributed by atoms with Crippen molar-refractivity contribution < 1.29 is 4.74 Å².